The SMILES string of the molecule is COc1ccc(Nc2cncc(C(=O)NCCCN(C)C)c2)cc1Cl. The molecule has 0 saturated heterocycles. The summed E-state index contributed by atoms with van der Waals surface area (Å²) in [6, 6.07) is 7.14. The summed E-state index contributed by atoms with van der Waals surface area (Å²) in [6.07, 6.45) is 4.10. The maximum Gasteiger partial charge on any atom is 0.252 e. The second-order valence-corrected chi connectivity index (χ2v) is 6.26. The highest BCUT2D eigenvalue weighted by Crippen LogP contribution is 2.28. The van der Waals surface area contributed by atoms with E-state index in [0.29, 0.717) is 28.6 Å². The first-order valence-electron chi connectivity index (χ1n) is 7.98. The van der Waals surface area contributed by atoms with Gasteiger partial charge in [0.15, 0.2) is 0 Å². The van der Waals surface area contributed by atoms with E-state index in [1.54, 1.807) is 37.7 Å². The first kappa shape index (κ1) is 19.0. The van der Waals surface area contributed by atoms with Crippen molar-refractivity contribution < 1.29 is 9.53 Å². The number of aromatic nitrogens is 1. The molecule has 1 amide bonds. The van der Waals surface area contributed by atoms with Gasteiger partial charge in [-0.1, -0.05) is 11.6 Å². The number of amides is 1. The fraction of sp³-hybridized carbons (Fsp3) is 0.333. The first-order valence-corrected chi connectivity index (χ1v) is 8.36. The van der Waals surface area contributed by atoms with Crippen molar-refractivity contribution in [2.75, 3.05) is 39.6 Å². The van der Waals surface area contributed by atoms with Gasteiger partial charge in [0.2, 0.25) is 0 Å². The summed E-state index contributed by atoms with van der Waals surface area (Å²) in [5.41, 5.74) is 2.01. The van der Waals surface area contributed by atoms with Gasteiger partial charge in [-0.3, -0.25) is 9.78 Å². The number of nitrogens with zero attached hydrogens (tertiary/aromatic N) is 2. The van der Waals surface area contributed by atoms with Gasteiger partial charge in [-0.2, -0.15) is 0 Å². The number of hydrogen-bond acceptors (Lipinski definition) is 5. The van der Waals surface area contributed by atoms with Gasteiger partial charge >= 0.3 is 0 Å². The molecule has 0 atom stereocenters. The minimum absolute atomic E-state index is 0.136. The van der Waals surface area contributed by atoms with Crippen LogP contribution in [-0.4, -0.2) is 50.1 Å². The van der Waals surface area contributed by atoms with Crippen molar-refractivity contribution in [3.05, 3.63) is 47.2 Å². The Balaban J connectivity index is 1.98. The van der Waals surface area contributed by atoms with E-state index in [2.05, 4.69) is 20.5 Å². The Morgan fingerprint density at radius 3 is 2.72 bits per heavy atom. The van der Waals surface area contributed by atoms with Gasteiger partial charge in [0.1, 0.15) is 5.75 Å². The quantitative estimate of drug-likeness (QED) is 0.706. The van der Waals surface area contributed by atoms with Gasteiger partial charge in [0, 0.05) is 18.4 Å². The highest BCUT2D eigenvalue weighted by Gasteiger charge is 2.08. The van der Waals surface area contributed by atoms with Crippen molar-refractivity contribution in [3.8, 4) is 5.75 Å². The number of ether oxygens (including phenoxy) is 1. The lowest BCUT2D eigenvalue weighted by atomic mass is 10.2. The lowest BCUT2D eigenvalue weighted by Gasteiger charge is -2.11. The van der Waals surface area contributed by atoms with Gasteiger partial charge < -0.3 is 20.3 Å². The lowest BCUT2D eigenvalue weighted by Crippen LogP contribution is -2.27. The highest BCUT2D eigenvalue weighted by atomic mass is 35.5. The lowest BCUT2D eigenvalue weighted by molar-refractivity contribution is 0.0952. The van der Waals surface area contributed by atoms with E-state index < -0.39 is 0 Å². The molecular weight excluding hydrogens is 340 g/mol. The highest BCUT2D eigenvalue weighted by molar-refractivity contribution is 6.32. The van der Waals surface area contributed by atoms with Crippen LogP contribution >= 0.6 is 11.6 Å². The van der Waals surface area contributed by atoms with E-state index >= 15 is 0 Å². The Morgan fingerprint density at radius 1 is 1.24 bits per heavy atom. The second-order valence-electron chi connectivity index (χ2n) is 5.85. The van der Waals surface area contributed by atoms with E-state index in [0.717, 1.165) is 18.7 Å². The molecule has 0 fully saturated rings. The third-order valence-corrected chi connectivity index (χ3v) is 3.80. The zero-order chi connectivity index (χ0) is 18.2. The number of methoxy groups -OCH3 is 1. The summed E-state index contributed by atoms with van der Waals surface area (Å²) >= 11 is 6.12. The molecule has 1 aromatic carbocycles. The molecule has 2 rings (SSSR count). The van der Waals surface area contributed by atoms with Gasteiger partial charge in [-0.25, -0.2) is 0 Å². The molecular formula is C18H23ClN4O2. The number of anilines is 2. The molecule has 0 unspecified atom stereocenters. The Morgan fingerprint density at radius 2 is 2.04 bits per heavy atom. The van der Waals surface area contributed by atoms with Crippen LogP contribution in [-0.2, 0) is 0 Å². The van der Waals surface area contributed by atoms with Crippen LogP contribution in [0.1, 0.15) is 16.8 Å². The van der Waals surface area contributed by atoms with Crippen LogP contribution in [0.15, 0.2) is 36.7 Å². The molecule has 0 bridgehead atoms. The molecule has 2 aromatic rings. The minimum atomic E-state index is -0.136. The summed E-state index contributed by atoms with van der Waals surface area (Å²) in [4.78, 5) is 18.4. The number of pyridine rings is 1. The fourth-order valence-corrected chi connectivity index (χ4v) is 2.50. The zero-order valence-corrected chi connectivity index (χ0v) is 15.4. The monoisotopic (exact) mass is 362 g/mol. The molecule has 7 heteroatoms. The van der Waals surface area contributed by atoms with Crippen molar-refractivity contribution in [1.82, 2.24) is 15.2 Å². The van der Waals surface area contributed by atoms with Crippen molar-refractivity contribution in [1.29, 1.82) is 0 Å². The topological polar surface area (TPSA) is 66.5 Å². The maximum atomic E-state index is 12.2. The molecule has 0 radical (unpaired) electrons. The van der Waals surface area contributed by atoms with Gasteiger partial charge in [0.05, 0.1) is 29.6 Å². The average molecular weight is 363 g/mol. The van der Waals surface area contributed by atoms with Crippen LogP contribution in [0.3, 0.4) is 0 Å². The van der Waals surface area contributed by atoms with E-state index in [-0.39, 0.29) is 5.91 Å². The van der Waals surface area contributed by atoms with Gasteiger partial charge in [-0.15, -0.1) is 0 Å². The number of carbonyl (C=O) groups is 1. The van der Waals surface area contributed by atoms with Crippen molar-refractivity contribution in [2.45, 2.75) is 6.42 Å². The summed E-state index contributed by atoms with van der Waals surface area (Å²) < 4.78 is 5.13. The van der Waals surface area contributed by atoms with Crippen LogP contribution in [0.2, 0.25) is 5.02 Å². The number of carbonyl (C=O) groups excluding carboxylic acids is 1. The molecule has 2 N–H and O–H groups in total. The predicted molar refractivity (Wildman–Crippen MR) is 101 cm³/mol. The van der Waals surface area contributed by atoms with E-state index in [1.165, 1.54) is 0 Å². The number of benzene rings is 1. The molecule has 25 heavy (non-hydrogen) atoms. The zero-order valence-electron chi connectivity index (χ0n) is 14.7. The average Bonchev–Trinajstić information content (AvgIpc) is 2.59. The molecule has 1 aromatic heterocycles. The maximum absolute atomic E-state index is 12.2. The molecule has 6 nitrogen and oxygen atoms in total. The molecule has 134 valence electrons. The number of nitrogens with one attached hydrogen (secondary N) is 2. The largest absolute Gasteiger partial charge is 0.495 e. The van der Waals surface area contributed by atoms with Crippen molar-refractivity contribution in [2.24, 2.45) is 0 Å². The minimum Gasteiger partial charge on any atom is -0.495 e. The summed E-state index contributed by atoms with van der Waals surface area (Å²) in [5.74, 6) is 0.471. The predicted octanol–water partition coefficient (Wildman–Crippen LogP) is 3.17. The van der Waals surface area contributed by atoms with Crippen LogP contribution in [0.5, 0.6) is 5.75 Å². The first-order chi connectivity index (χ1) is 12.0. The summed E-state index contributed by atoms with van der Waals surface area (Å²) in [6.45, 7) is 1.56. The Bertz CT molecular complexity index is 722. The Kier molecular flexibility index (Phi) is 7.03. The third kappa shape index (κ3) is 5.92. The molecule has 0 spiro atoms. The van der Waals surface area contributed by atoms with Crippen LogP contribution < -0.4 is 15.4 Å². The van der Waals surface area contributed by atoms with Crippen LogP contribution in [0.25, 0.3) is 0 Å². The molecule has 0 aliphatic rings. The van der Waals surface area contributed by atoms with Gasteiger partial charge in [-0.05, 0) is 51.3 Å². The fourth-order valence-electron chi connectivity index (χ4n) is 2.24. The van der Waals surface area contributed by atoms with Crippen LogP contribution in [0, 0.1) is 0 Å². The molecule has 0 aliphatic carbocycles. The Hall–Kier alpha value is -2.31. The summed E-state index contributed by atoms with van der Waals surface area (Å²) in [7, 11) is 5.58. The van der Waals surface area contributed by atoms with Gasteiger partial charge in [0.25, 0.3) is 5.91 Å². The van der Waals surface area contributed by atoms with E-state index in [1.807, 2.05) is 20.2 Å². The number of hydrogen-bond donors (Lipinski definition) is 2. The summed E-state index contributed by atoms with van der Waals surface area (Å²) in [5, 5.41) is 6.59. The van der Waals surface area contributed by atoms with Crippen molar-refractivity contribution >= 4 is 28.9 Å². The van der Waals surface area contributed by atoms with E-state index in [9.17, 15) is 4.79 Å². The molecule has 1 heterocycles. The number of rotatable bonds is 8. The van der Waals surface area contributed by atoms with E-state index in [4.69, 9.17) is 16.3 Å². The number of halogens is 1. The van der Waals surface area contributed by atoms with Crippen molar-refractivity contribution in [3.63, 3.8) is 0 Å². The normalized spacial score (nSPS) is 10.6. The molecule has 0 saturated carbocycles. The third-order valence-electron chi connectivity index (χ3n) is 3.51. The smallest absolute Gasteiger partial charge is 0.252 e. The standard InChI is InChI=1S/C18H23ClN4O2/c1-23(2)8-4-7-21-18(24)13-9-15(12-20-11-13)22-14-5-6-17(25-3)16(19)10-14/h5-6,9-12,22H,4,7-8H2,1-3H3,(H,21,24). The molecule has 0 aliphatic heterocycles. The second kappa shape index (κ2) is 9.25. The van der Waals surface area contributed by atoms with Crippen LogP contribution in [0.4, 0.5) is 11.4 Å². The Labute approximate surface area is 153 Å².